The van der Waals surface area contributed by atoms with Crippen molar-refractivity contribution >= 4 is 32.5 Å². The predicted octanol–water partition coefficient (Wildman–Crippen LogP) is 6.22. The average molecular weight is 757 g/mol. The molecule has 0 unspecified atom stereocenters. The summed E-state index contributed by atoms with van der Waals surface area (Å²) < 4.78 is 46.7. The third-order valence-electron chi connectivity index (χ3n) is 11.1. The molecule has 1 fully saturated rings. The van der Waals surface area contributed by atoms with E-state index in [0.717, 1.165) is 34.9 Å². The normalized spacial score (nSPS) is 19.1. The minimum absolute atomic E-state index is 0.0786. The van der Waals surface area contributed by atoms with Crippen LogP contribution in [0.25, 0.3) is 21.9 Å². The summed E-state index contributed by atoms with van der Waals surface area (Å²) in [7, 11) is -1.07. The number of ether oxygens (including phenoxy) is 3. The Labute approximate surface area is 318 Å². The van der Waals surface area contributed by atoms with Gasteiger partial charge in [0.25, 0.3) is 15.9 Å². The summed E-state index contributed by atoms with van der Waals surface area (Å²) in [5.41, 5.74) is 9.67. The third-order valence-corrected chi connectivity index (χ3v) is 12.4. The number of likely N-dealkylation sites (tertiary alicyclic amines) is 1. The molecule has 0 saturated carbocycles. The van der Waals surface area contributed by atoms with Crippen molar-refractivity contribution in [3.8, 4) is 28.4 Å². The van der Waals surface area contributed by atoms with Crippen LogP contribution in [-0.4, -0.2) is 81.1 Å². The van der Waals surface area contributed by atoms with Crippen LogP contribution in [0, 0.1) is 0 Å². The summed E-state index contributed by atoms with van der Waals surface area (Å²) in [5, 5.41) is 1.45. The molecule has 2 heterocycles. The number of carbonyl (C=O) groups is 2. The van der Waals surface area contributed by atoms with Crippen LogP contribution in [0.3, 0.4) is 0 Å². The Balaban J connectivity index is 1.43. The van der Waals surface area contributed by atoms with E-state index in [2.05, 4.69) is 23.5 Å². The van der Waals surface area contributed by atoms with Crippen LogP contribution in [-0.2, 0) is 26.2 Å². The number of hydrogen-bond donors (Lipinski definition) is 2. The van der Waals surface area contributed by atoms with Crippen molar-refractivity contribution < 1.29 is 32.2 Å². The van der Waals surface area contributed by atoms with Gasteiger partial charge in [-0.15, -0.1) is 0 Å². The van der Waals surface area contributed by atoms with Gasteiger partial charge in [-0.05, 0) is 124 Å². The van der Waals surface area contributed by atoms with Gasteiger partial charge in [0, 0.05) is 24.7 Å². The Morgan fingerprint density at radius 2 is 1.61 bits per heavy atom. The van der Waals surface area contributed by atoms with Crippen molar-refractivity contribution in [2.24, 2.45) is 5.73 Å². The van der Waals surface area contributed by atoms with E-state index < -0.39 is 33.9 Å². The van der Waals surface area contributed by atoms with Gasteiger partial charge in [-0.25, -0.2) is 13.1 Å². The first-order chi connectivity index (χ1) is 25.7. The molecular weight excluding hydrogens is 705 g/mol. The number of piperidine rings is 1. The van der Waals surface area contributed by atoms with Gasteiger partial charge in [0.2, 0.25) is 6.79 Å². The number of ketones is 1. The number of amides is 1. The van der Waals surface area contributed by atoms with E-state index in [1.54, 1.807) is 50.2 Å². The van der Waals surface area contributed by atoms with Crippen LogP contribution < -0.4 is 24.7 Å². The first-order valence-corrected chi connectivity index (χ1v) is 20.1. The van der Waals surface area contributed by atoms with Crippen molar-refractivity contribution in [2.45, 2.75) is 101 Å². The third kappa shape index (κ3) is 8.12. The number of sulfonamides is 1. The number of benzene rings is 4. The first kappa shape index (κ1) is 39.2. The zero-order chi connectivity index (χ0) is 38.9. The average Bonchev–Trinajstić information content (AvgIpc) is 3.62. The fourth-order valence-electron chi connectivity index (χ4n) is 7.67. The molecule has 12 heteroatoms. The number of nitrogens with two attached hydrogens (primary N) is 1. The number of nitrogens with one attached hydrogen (secondary N) is 1. The fraction of sp³-hybridized carbons (Fsp3) is 0.429. The molecule has 0 radical (unpaired) electrons. The van der Waals surface area contributed by atoms with Crippen LogP contribution in [0.15, 0.2) is 77.7 Å². The van der Waals surface area contributed by atoms with Gasteiger partial charge in [-0.1, -0.05) is 42.8 Å². The van der Waals surface area contributed by atoms with Gasteiger partial charge in [-0.2, -0.15) is 0 Å². The molecule has 3 N–H and O–H groups in total. The molecule has 1 amide bonds. The molecule has 5 atom stereocenters. The maximum atomic E-state index is 14.5. The molecule has 0 bridgehead atoms. The number of methoxy groups -OCH3 is 1. The topological polar surface area (TPSA) is 140 Å². The highest BCUT2D eigenvalue weighted by molar-refractivity contribution is 7.90. The second-order valence-corrected chi connectivity index (χ2v) is 16.7. The summed E-state index contributed by atoms with van der Waals surface area (Å²) in [6, 6.07) is 20.0. The highest BCUT2D eigenvalue weighted by atomic mass is 32.2. The first-order valence-electron chi connectivity index (χ1n) is 18.6. The standard InChI is InChI=1S/C42H52N4O7S/c1-25(2)45(6)40(42(48)44-54(49,50)35-17-14-29-19-34(51-7)16-13-30(29)20-35)39(41(47)28(5)43)32-11-12-33(23-46-26(3)9-8-10-27(46)4)36(21-32)31-15-18-37-38(22-31)53-24-52-37/h11-22,25-28,39-40H,8-10,23-24,43H2,1-7H3,(H,44,48)/t26-,27+,28-,39+,40+/m0/s1. The summed E-state index contributed by atoms with van der Waals surface area (Å²) >= 11 is 0. The van der Waals surface area contributed by atoms with Gasteiger partial charge in [-0.3, -0.25) is 19.4 Å². The monoisotopic (exact) mass is 756 g/mol. The minimum Gasteiger partial charge on any atom is -0.497 e. The van der Waals surface area contributed by atoms with Crippen molar-refractivity contribution in [2.75, 3.05) is 21.0 Å². The van der Waals surface area contributed by atoms with E-state index in [9.17, 15) is 18.0 Å². The molecular formula is C42H52N4O7S. The number of rotatable bonds is 13. The molecule has 1 saturated heterocycles. The van der Waals surface area contributed by atoms with Gasteiger partial charge < -0.3 is 19.9 Å². The largest absolute Gasteiger partial charge is 0.497 e. The Bertz CT molecular complexity index is 2130. The zero-order valence-corrected chi connectivity index (χ0v) is 33.0. The number of nitrogens with zero attached hydrogens (tertiary/aromatic N) is 2. The lowest BCUT2D eigenvalue weighted by Gasteiger charge is -2.39. The summed E-state index contributed by atoms with van der Waals surface area (Å²) in [6.45, 7) is 10.7. The lowest BCUT2D eigenvalue weighted by Crippen LogP contribution is -2.55. The Morgan fingerprint density at radius 1 is 0.926 bits per heavy atom. The predicted molar refractivity (Wildman–Crippen MR) is 210 cm³/mol. The van der Waals surface area contributed by atoms with Crippen molar-refractivity contribution in [1.82, 2.24) is 14.5 Å². The molecule has 0 aromatic heterocycles. The van der Waals surface area contributed by atoms with E-state index >= 15 is 0 Å². The van der Waals surface area contributed by atoms with E-state index in [1.165, 1.54) is 18.6 Å². The van der Waals surface area contributed by atoms with Crippen molar-refractivity contribution in [1.29, 1.82) is 0 Å². The van der Waals surface area contributed by atoms with Gasteiger partial charge in [0.1, 0.15) is 11.8 Å². The Kier molecular flexibility index (Phi) is 11.7. The van der Waals surface area contributed by atoms with Crippen LogP contribution in [0.5, 0.6) is 17.2 Å². The van der Waals surface area contributed by atoms with Crippen LogP contribution in [0.1, 0.15) is 70.9 Å². The second-order valence-electron chi connectivity index (χ2n) is 15.0. The second kappa shape index (κ2) is 16.1. The molecule has 0 spiro atoms. The van der Waals surface area contributed by atoms with Crippen LogP contribution in [0.4, 0.5) is 0 Å². The van der Waals surface area contributed by atoms with Gasteiger partial charge in [0.05, 0.1) is 24.0 Å². The summed E-state index contributed by atoms with van der Waals surface area (Å²) in [6.07, 6.45) is 3.41. The SMILES string of the molecule is COc1ccc2cc(S(=O)(=O)NC(=O)[C@@H]([C@H](C(=O)[C@H](C)N)c3ccc(CN4[C@H](C)CCC[C@@H]4C)c(-c4ccc5c(c4)OCO5)c3)N(C)C(C)C)ccc2c1. The van der Waals surface area contributed by atoms with Gasteiger partial charge >= 0.3 is 0 Å². The molecule has 4 aromatic carbocycles. The molecule has 11 nitrogen and oxygen atoms in total. The maximum Gasteiger partial charge on any atom is 0.264 e. The van der Waals surface area contributed by atoms with E-state index in [1.807, 2.05) is 50.2 Å². The van der Waals surface area contributed by atoms with Crippen molar-refractivity contribution in [3.05, 3.63) is 83.9 Å². The van der Waals surface area contributed by atoms with E-state index in [0.29, 0.717) is 46.8 Å². The van der Waals surface area contributed by atoms with E-state index in [4.69, 9.17) is 19.9 Å². The Hall–Kier alpha value is -4.49. The molecule has 2 aliphatic heterocycles. The smallest absolute Gasteiger partial charge is 0.264 e. The quantitative estimate of drug-likeness (QED) is 0.162. The highest BCUT2D eigenvalue weighted by Crippen LogP contribution is 2.40. The lowest BCUT2D eigenvalue weighted by molar-refractivity contribution is -0.132. The summed E-state index contributed by atoms with van der Waals surface area (Å²) in [4.78, 5) is 32.9. The number of likely N-dealkylation sites (N-methyl/N-ethyl adjacent to an activating group) is 1. The Morgan fingerprint density at radius 3 is 2.30 bits per heavy atom. The highest BCUT2D eigenvalue weighted by Gasteiger charge is 2.41. The molecule has 6 rings (SSSR count). The molecule has 288 valence electrons. The maximum absolute atomic E-state index is 14.5. The number of hydrogen-bond acceptors (Lipinski definition) is 10. The van der Waals surface area contributed by atoms with E-state index in [-0.39, 0.29) is 23.5 Å². The van der Waals surface area contributed by atoms with Crippen LogP contribution in [0.2, 0.25) is 0 Å². The fourth-order valence-corrected chi connectivity index (χ4v) is 8.70. The molecule has 4 aromatic rings. The zero-order valence-electron chi connectivity index (χ0n) is 32.2. The molecule has 54 heavy (non-hydrogen) atoms. The van der Waals surface area contributed by atoms with Crippen molar-refractivity contribution in [3.63, 3.8) is 0 Å². The van der Waals surface area contributed by atoms with Gasteiger partial charge in [0.15, 0.2) is 17.3 Å². The summed E-state index contributed by atoms with van der Waals surface area (Å²) in [5.74, 6) is -0.400. The number of Topliss-reactive ketones (excluding diaryl/α,β-unsaturated/α-hetero) is 1. The lowest BCUT2D eigenvalue weighted by atomic mass is 9.81. The van der Waals surface area contributed by atoms with Crippen LogP contribution >= 0.6 is 0 Å². The number of fused-ring (bicyclic) bond motifs is 2. The minimum atomic E-state index is -4.35. The number of carbonyl (C=O) groups excluding carboxylic acids is 2. The molecule has 2 aliphatic rings. The molecule has 0 aliphatic carbocycles.